The Labute approximate surface area is 98.9 Å². The van der Waals surface area contributed by atoms with Crippen LogP contribution in [-0.2, 0) is 11.3 Å². The van der Waals surface area contributed by atoms with Crippen LogP contribution >= 0.6 is 11.6 Å². The van der Waals surface area contributed by atoms with Gasteiger partial charge in [0, 0.05) is 30.2 Å². The molecule has 2 N–H and O–H groups in total. The van der Waals surface area contributed by atoms with Crippen LogP contribution in [0.15, 0.2) is 18.2 Å². The number of rotatable bonds is 2. The molecule has 1 heterocycles. The molecule has 86 valence electrons. The van der Waals surface area contributed by atoms with Crippen molar-refractivity contribution in [2.45, 2.75) is 6.54 Å². The maximum atomic E-state index is 11.7. The molecule has 0 radical (unpaired) electrons. The summed E-state index contributed by atoms with van der Waals surface area (Å²) in [4.78, 5) is 13.4. The highest BCUT2D eigenvalue weighted by atomic mass is 35.5. The van der Waals surface area contributed by atoms with Crippen molar-refractivity contribution in [3.63, 3.8) is 0 Å². The molecule has 1 aromatic rings. The number of carbonyl (C=O) groups is 1. The first-order valence-corrected chi connectivity index (χ1v) is 5.47. The average Bonchev–Trinajstić information content (AvgIpc) is 2.40. The number of ether oxygens (including phenoxy) is 1. The first-order valence-electron chi connectivity index (χ1n) is 5.10. The van der Waals surface area contributed by atoms with E-state index in [1.54, 1.807) is 17.0 Å². The average molecular weight is 241 g/mol. The molecule has 1 aliphatic rings. The van der Waals surface area contributed by atoms with E-state index in [0.717, 1.165) is 11.3 Å². The standard InChI is InChI=1S/C11H13ClN2O2/c12-9-1-2-10-8(5-9)6-14(4-3-13)11(15)7-16-10/h1-2,5H,3-4,6-7,13H2. The van der Waals surface area contributed by atoms with Crippen LogP contribution in [0.2, 0.25) is 5.02 Å². The molecule has 2 rings (SSSR count). The van der Waals surface area contributed by atoms with Crippen molar-refractivity contribution in [3.8, 4) is 5.75 Å². The highest BCUT2D eigenvalue weighted by molar-refractivity contribution is 6.30. The Bertz CT molecular complexity index is 409. The highest BCUT2D eigenvalue weighted by Crippen LogP contribution is 2.26. The van der Waals surface area contributed by atoms with E-state index in [9.17, 15) is 4.79 Å². The fourth-order valence-electron chi connectivity index (χ4n) is 1.70. The first-order chi connectivity index (χ1) is 7.70. The van der Waals surface area contributed by atoms with Gasteiger partial charge < -0.3 is 15.4 Å². The number of carbonyl (C=O) groups excluding carboxylic acids is 1. The lowest BCUT2D eigenvalue weighted by Gasteiger charge is -2.18. The number of fused-ring (bicyclic) bond motifs is 1. The Hall–Kier alpha value is -1.26. The van der Waals surface area contributed by atoms with Crippen LogP contribution in [0.25, 0.3) is 0 Å². The molecule has 0 saturated carbocycles. The molecule has 0 unspecified atom stereocenters. The van der Waals surface area contributed by atoms with Gasteiger partial charge in [-0.2, -0.15) is 0 Å². The van der Waals surface area contributed by atoms with Gasteiger partial charge in [-0.15, -0.1) is 0 Å². The number of halogens is 1. The van der Waals surface area contributed by atoms with E-state index >= 15 is 0 Å². The normalized spacial score (nSPS) is 15.4. The van der Waals surface area contributed by atoms with Crippen molar-refractivity contribution in [1.29, 1.82) is 0 Å². The van der Waals surface area contributed by atoms with Crippen LogP contribution < -0.4 is 10.5 Å². The molecule has 0 aromatic heterocycles. The molecule has 0 saturated heterocycles. The Balaban J connectivity index is 2.28. The number of amides is 1. The van der Waals surface area contributed by atoms with Crippen LogP contribution in [0.5, 0.6) is 5.75 Å². The van der Waals surface area contributed by atoms with Crippen LogP contribution in [0.4, 0.5) is 0 Å². The number of nitrogens with two attached hydrogens (primary N) is 1. The molecular weight excluding hydrogens is 228 g/mol. The smallest absolute Gasteiger partial charge is 0.260 e. The fourth-order valence-corrected chi connectivity index (χ4v) is 1.89. The lowest BCUT2D eigenvalue weighted by Crippen LogP contribution is -2.36. The number of hydrogen-bond acceptors (Lipinski definition) is 3. The van der Waals surface area contributed by atoms with Crippen LogP contribution in [-0.4, -0.2) is 30.5 Å². The molecule has 0 fully saturated rings. The minimum Gasteiger partial charge on any atom is -0.483 e. The molecule has 0 bridgehead atoms. The van der Waals surface area contributed by atoms with E-state index in [1.807, 2.05) is 6.07 Å². The quantitative estimate of drug-likeness (QED) is 0.840. The van der Waals surface area contributed by atoms with Gasteiger partial charge in [-0.25, -0.2) is 0 Å². The minimum atomic E-state index is -0.0437. The SMILES string of the molecule is NCCN1Cc2cc(Cl)ccc2OCC1=O. The largest absolute Gasteiger partial charge is 0.483 e. The Morgan fingerprint density at radius 2 is 2.31 bits per heavy atom. The predicted molar refractivity (Wildman–Crippen MR) is 61.4 cm³/mol. The zero-order valence-corrected chi connectivity index (χ0v) is 9.54. The fraction of sp³-hybridized carbons (Fsp3) is 0.364. The second-order valence-electron chi connectivity index (χ2n) is 3.64. The molecular formula is C11H13ClN2O2. The summed E-state index contributed by atoms with van der Waals surface area (Å²) in [6.07, 6.45) is 0. The summed E-state index contributed by atoms with van der Waals surface area (Å²) in [6, 6.07) is 5.36. The van der Waals surface area contributed by atoms with E-state index in [2.05, 4.69) is 0 Å². The van der Waals surface area contributed by atoms with Crippen molar-refractivity contribution >= 4 is 17.5 Å². The molecule has 1 aliphatic heterocycles. The van der Waals surface area contributed by atoms with Crippen molar-refractivity contribution in [2.24, 2.45) is 5.73 Å². The second-order valence-corrected chi connectivity index (χ2v) is 4.08. The maximum Gasteiger partial charge on any atom is 0.260 e. The van der Waals surface area contributed by atoms with Crippen LogP contribution in [0.1, 0.15) is 5.56 Å². The van der Waals surface area contributed by atoms with Crippen molar-refractivity contribution in [3.05, 3.63) is 28.8 Å². The summed E-state index contributed by atoms with van der Waals surface area (Å²) in [5.41, 5.74) is 6.38. The Morgan fingerprint density at radius 1 is 1.50 bits per heavy atom. The number of benzene rings is 1. The van der Waals surface area contributed by atoms with Gasteiger partial charge in [0.1, 0.15) is 5.75 Å². The monoisotopic (exact) mass is 240 g/mol. The van der Waals surface area contributed by atoms with E-state index in [-0.39, 0.29) is 12.5 Å². The van der Waals surface area contributed by atoms with Gasteiger partial charge in [-0.05, 0) is 18.2 Å². The van der Waals surface area contributed by atoms with E-state index in [1.165, 1.54) is 0 Å². The third-order valence-electron chi connectivity index (χ3n) is 2.49. The molecule has 1 aromatic carbocycles. The van der Waals surface area contributed by atoms with E-state index < -0.39 is 0 Å². The minimum absolute atomic E-state index is 0.0437. The third kappa shape index (κ3) is 2.28. The molecule has 1 amide bonds. The van der Waals surface area contributed by atoms with Crippen LogP contribution in [0.3, 0.4) is 0 Å². The topological polar surface area (TPSA) is 55.6 Å². The van der Waals surface area contributed by atoms with Gasteiger partial charge in [0.2, 0.25) is 0 Å². The predicted octanol–water partition coefficient (Wildman–Crippen LogP) is 1.02. The number of nitrogens with zero attached hydrogens (tertiary/aromatic N) is 1. The first kappa shape index (κ1) is 11.2. The number of hydrogen-bond donors (Lipinski definition) is 1. The Kier molecular flexibility index (Phi) is 3.31. The highest BCUT2D eigenvalue weighted by Gasteiger charge is 2.20. The molecule has 5 heteroatoms. The van der Waals surface area contributed by atoms with Crippen molar-refractivity contribution < 1.29 is 9.53 Å². The van der Waals surface area contributed by atoms with Gasteiger partial charge in [0.05, 0.1) is 0 Å². The molecule has 0 atom stereocenters. The van der Waals surface area contributed by atoms with Gasteiger partial charge in [-0.1, -0.05) is 11.6 Å². The Morgan fingerprint density at radius 3 is 3.06 bits per heavy atom. The lowest BCUT2D eigenvalue weighted by molar-refractivity contribution is -0.133. The third-order valence-corrected chi connectivity index (χ3v) is 2.72. The molecule has 0 spiro atoms. The van der Waals surface area contributed by atoms with Crippen molar-refractivity contribution in [1.82, 2.24) is 4.90 Å². The second kappa shape index (κ2) is 4.72. The van der Waals surface area contributed by atoms with Crippen molar-refractivity contribution in [2.75, 3.05) is 19.7 Å². The molecule has 0 aliphatic carbocycles. The van der Waals surface area contributed by atoms with E-state index in [4.69, 9.17) is 22.1 Å². The van der Waals surface area contributed by atoms with Gasteiger partial charge >= 0.3 is 0 Å². The van der Waals surface area contributed by atoms with E-state index in [0.29, 0.717) is 24.7 Å². The summed E-state index contributed by atoms with van der Waals surface area (Å²) < 4.78 is 5.40. The summed E-state index contributed by atoms with van der Waals surface area (Å²) in [7, 11) is 0. The summed E-state index contributed by atoms with van der Waals surface area (Å²) >= 11 is 5.91. The zero-order chi connectivity index (χ0) is 11.5. The summed E-state index contributed by atoms with van der Waals surface area (Å²) in [5.74, 6) is 0.676. The van der Waals surface area contributed by atoms with Gasteiger partial charge in [0.25, 0.3) is 5.91 Å². The molecule has 4 nitrogen and oxygen atoms in total. The molecule has 16 heavy (non-hydrogen) atoms. The lowest BCUT2D eigenvalue weighted by atomic mass is 10.2. The maximum absolute atomic E-state index is 11.7. The zero-order valence-electron chi connectivity index (χ0n) is 8.78. The van der Waals surface area contributed by atoms with Crippen LogP contribution in [0, 0.1) is 0 Å². The summed E-state index contributed by atoms with van der Waals surface area (Å²) in [5, 5.41) is 0.643. The van der Waals surface area contributed by atoms with Gasteiger partial charge in [-0.3, -0.25) is 4.79 Å². The van der Waals surface area contributed by atoms with Gasteiger partial charge in [0.15, 0.2) is 6.61 Å². The summed E-state index contributed by atoms with van der Waals surface area (Å²) in [6.45, 7) is 1.55.